The molecule has 8 nitrogen and oxygen atoms in total. The van der Waals surface area contributed by atoms with Crippen LogP contribution in [0.3, 0.4) is 0 Å². The van der Waals surface area contributed by atoms with Gasteiger partial charge in [-0.3, -0.25) is 14.5 Å². The van der Waals surface area contributed by atoms with Gasteiger partial charge >= 0.3 is 6.09 Å². The van der Waals surface area contributed by atoms with Gasteiger partial charge < -0.3 is 14.5 Å². The molecule has 212 valence electrons. The summed E-state index contributed by atoms with van der Waals surface area (Å²) < 4.78 is 35.5. The molecule has 0 bridgehead atoms. The number of hydrogen-bond acceptors (Lipinski definition) is 6. The first kappa shape index (κ1) is 27.7. The van der Waals surface area contributed by atoms with Crippen molar-refractivity contribution in [2.75, 3.05) is 13.1 Å². The van der Waals surface area contributed by atoms with E-state index in [4.69, 9.17) is 9.57 Å². The van der Waals surface area contributed by atoms with E-state index in [9.17, 15) is 14.4 Å². The average molecular weight is 554 g/mol. The van der Waals surface area contributed by atoms with Gasteiger partial charge in [0.1, 0.15) is 17.7 Å². The summed E-state index contributed by atoms with van der Waals surface area (Å²) in [6.45, 7) is 4.42. The zero-order valence-corrected chi connectivity index (χ0v) is 22.7. The summed E-state index contributed by atoms with van der Waals surface area (Å²) in [4.78, 5) is 45.7. The summed E-state index contributed by atoms with van der Waals surface area (Å²) in [6.07, 6.45) is 3.24. The number of benzene rings is 2. The third kappa shape index (κ3) is 5.85. The molecule has 3 aliphatic rings. The van der Waals surface area contributed by atoms with Crippen LogP contribution in [0, 0.1) is 11.6 Å². The summed E-state index contributed by atoms with van der Waals surface area (Å²) >= 11 is 0. The van der Waals surface area contributed by atoms with Gasteiger partial charge in [-0.1, -0.05) is 17.3 Å². The Labute approximate surface area is 231 Å². The quantitative estimate of drug-likeness (QED) is 0.333. The topological polar surface area (TPSA) is 88.5 Å². The molecule has 2 heterocycles. The van der Waals surface area contributed by atoms with Crippen LogP contribution in [0.2, 0.25) is 0 Å². The fourth-order valence-corrected chi connectivity index (χ4v) is 5.51. The van der Waals surface area contributed by atoms with Gasteiger partial charge in [0.2, 0.25) is 0 Å². The highest BCUT2D eigenvalue weighted by atomic mass is 19.1. The van der Waals surface area contributed by atoms with Gasteiger partial charge in [0.25, 0.3) is 11.8 Å². The number of rotatable bonds is 6. The molecule has 1 saturated heterocycles. The van der Waals surface area contributed by atoms with E-state index in [0.717, 1.165) is 16.7 Å². The van der Waals surface area contributed by atoms with Crippen molar-refractivity contribution in [3.05, 3.63) is 70.3 Å². The minimum absolute atomic E-state index is 0.0364. The van der Waals surface area contributed by atoms with E-state index < -0.39 is 23.4 Å². The number of fused-ring (bicyclic) bond motifs is 1. The normalized spacial score (nSPS) is 19.7. The molecule has 2 aromatic carbocycles. The second-order valence-corrected chi connectivity index (χ2v) is 10.9. The Bertz CT molecular complexity index is 1290. The summed E-state index contributed by atoms with van der Waals surface area (Å²) in [5.41, 5.74) is 1.69. The lowest BCUT2D eigenvalue weighted by atomic mass is 9.82. The maximum Gasteiger partial charge on any atom is 0.410 e. The zero-order chi connectivity index (χ0) is 28.4. The fourth-order valence-electron chi connectivity index (χ4n) is 5.51. The molecule has 2 fully saturated rings. The molecule has 0 radical (unpaired) electrons. The van der Waals surface area contributed by atoms with E-state index in [2.05, 4.69) is 5.16 Å². The zero-order valence-electron chi connectivity index (χ0n) is 22.7. The molecular formula is C30H33F2N3O5. The van der Waals surface area contributed by atoms with Crippen molar-refractivity contribution >= 4 is 23.6 Å². The van der Waals surface area contributed by atoms with Crippen LogP contribution in [-0.4, -0.2) is 58.7 Å². The van der Waals surface area contributed by atoms with Crippen molar-refractivity contribution in [2.45, 2.75) is 77.0 Å². The summed E-state index contributed by atoms with van der Waals surface area (Å²) in [5.74, 6) is -2.37. The molecule has 3 amide bonds. The molecule has 40 heavy (non-hydrogen) atoms. The fraction of sp³-hybridized carbons (Fsp3) is 0.467. The van der Waals surface area contributed by atoms with Crippen LogP contribution in [0.1, 0.15) is 90.1 Å². The first-order valence-electron chi connectivity index (χ1n) is 13.8. The Morgan fingerprint density at radius 1 is 0.975 bits per heavy atom. The Balaban J connectivity index is 1.14. The smallest absolute Gasteiger partial charge is 0.410 e. The van der Waals surface area contributed by atoms with E-state index in [1.165, 1.54) is 6.07 Å². The van der Waals surface area contributed by atoms with E-state index in [0.29, 0.717) is 57.2 Å². The number of piperidine rings is 1. The Morgan fingerprint density at radius 3 is 2.20 bits per heavy atom. The van der Waals surface area contributed by atoms with Crippen LogP contribution in [0.5, 0.6) is 0 Å². The molecule has 10 heteroatoms. The second-order valence-electron chi connectivity index (χ2n) is 10.9. The highest BCUT2D eigenvalue weighted by Gasteiger charge is 2.36. The van der Waals surface area contributed by atoms with Crippen molar-refractivity contribution < 1.29 is 32.7 Å². The molecule has 2 aliphatic heterocycles. The van der Waals surface area contributed by atoms with E-state index in [1.54, 1.807) is 29.2 Å². The minimum Gasteiger partial charge on any atom is -0.447 e. The first-order chi connectivity index (χ1) is 19.2. The number of oxime groups is 1. The number of nitrogens with zero attached hydrogens (tertiary/aromatic N) is 3. The number of likely N-dealkylation sites (tertiary alicyclic amines) is 1. The van der Waals surface area contributed by atoms with Gasteiger partial charge in [-0.2, -0.15) is 0 Å². The number of carbonyl (C=O) groups excluding carboxylic acids is 3. The molecule has 0 N–H and O–H groups in total. The number of imide groups is 1. The lowest BCUT2D eigenvalue weighted by molar-refractivity contribution is 0.00402. The predicted octanol–water partition coefficient (Wildman–Crippen LogP) is 5.80. The third-order valence-corrected chi connectivity index (χ3v) is 7.74. The maximum absolute atomic E-state index is 15.1. The van der Waals surface area contributed by atoms with Crippen LogP contribution in [0.4, 0.5) is 13.6 Å². The number of halogens is 2. The number of carbonyl (C=O) groups is 3. The van der Waals surface area contributed by atoms with Crippen LogP contribution in [0.25, 0.3) is 0 Å². The Hall–Kier alpha value is -3.82. The van der Waals surface area contributed by atoms with Crippen LogP contribution >= 0.6 is 0 Å². The van der Waals surface area contributed by atoms with Crippen LogP contribution < -0.4 is 0 Å². The van der Waals surface area contributed by atoms with Gasteiger partial charge in [0, 0.05) is 31.5 Å². The molecule has 2 aromatic rings. The van der Waals surface area contributed by atoms with Crippen LogP contribution in [-0.2, 0) is 16.1 Å². The van der Waals surface area contributed by atoms with Gasteiger partial charge in [-0.05, 0) is 75.3 Å². The average Bonchev–Trinajstić information content (AvgIpc) is 3.19. The first-order valence-corrected chi connectivity index (χ1v) is 13.8. The van der Waals surface area contributed by atoms with Crippen LogP contribution in [0.15, 0.2) is 41.6 Å². The lowest BCUT2D eigenvalue weighted by Gasteiger charge is -2.31. The largest absolute Gasteiger partial charge is 0.447 e. The van der Waals surface area contributed by atoms with Gasteiger partial charge in [-0.25, -0.2) is 13.6 Å². The Kier molecular flexibility index (Phi) is 8.14. The van der Waals surface area contributed by atoms with E-state index in [1.807, 2.05) is 13.8 Å². The minimum atomic E-state index is -0.639. The summed E-state index contributed by atoms with van der Waals surface area (Å²) in [7, 11) is 0. The summed E-state index contributed by atoms with van der Waals surface area (Å²) in [6, 6.07) is 8.72. The lowest BCUT2D eigenvalue weighted by Crippen LogP contribution is -2.41. The summed E-state index contributed by atoms with van der Waals surface area (Å²) in [5, 5.41) is 4.34. The molecule has 0 atom stereocenters. The van der Waals surface area contributed by atoms with Gasteiger partial charge in [0.15, 0.2) is 0 Å². The molecule has 0 spiro atoms. The van der Waals surface area contributed by atoms with Crippen molar-refractivity contribution in [3.63, 3.8) is 0 Å². The molecule has 1 aliphatic carbocycles. The molecule has 0 unspecified atom stereocenters. The molecular weight excluding hydrogens is 520 g/mol. The SMILES string of the molecule is CC(C)OC(=O)N1CCC(ON=C2CCC(c3cc(F)c(CN4C(=O)c5ccccc5C4=O)cc3F)CC2)CC1. The van der Waals surface area contributed by atoms with E-state index in [-0.39, 0.29) is 47.5 Å². The van der Waals surface area contributed by atoms with Gasteiger partial charge in [-0.15, -0.1) is 0 Å². The monoisotopic (exact) mass is 553 g/mol. The number of ether oxygens (including phenoxy) is 1. The standard InChI is InChI=1S/C30H33F2N3O5/c1-18(2)39-30(38)34-13-11-22(12-14-34)40-33-21-9-7-19(8-10-21)25-16-26(31)20(15-27(25)32)17-35-28(36)23-5-3-4-6-24(23)29(35)37/h3-6,15-16,18-19,22H,7-14,17H2,1-2H3. The predicted molar refractivity (Wildman–Crippen MR) is 143 cm³/mol. The van der Waals surface area contributed by atoms with Gasteiger partial charge in [0.05, 0.1) is 29.5 Å². The van der Waals surface area contributed by atoms with E-state index >= 15 is 8.78 Å². The van der Waals surface area contributed by atoms with Crippen molar-refractivity contribution in [2.24, 2.45) is 5.16 Å². The van der Waals surface area contributed by atoms with Crippen molar-refractivity contribution in [3.8, 4) is 0 Å². The second kappa shape index (κ2) is 11.7. The third-order valence-electron chi connectivity index (χ3n) is 7.74. The molecule has 0 aromatic heterocycles. The van der Waals surface area contributed by atoms with Crippen molar-refractivity contribution in [1.29, 1.82) is 0 Å². The van der Waals surface area contributed by atoms with Crippen molar-refractivity contribution in [1.82, 2.24) is 9.80 Å². The molecule has 1 saturated carbocycles. The highest BCUT2D eigenvalue weighted by Crippen LogP contribution is 2.35. The number of amides is 3. The maximum atomic E-state index is 15.1. The Morgan fingerprint density at radius 2 is 1.60 bits per heavy atom. The highest BCUT2D eigenvalue weighted by molar-refractivity contribution is 6.21. The molecule has 5 rings (SSSR count). The number of hydrogen-bond donors (Lipinski definition) is 0.